The summed E-state index contributed by atoms with van der Waals surface area (Å²) in [6.07, 6.45) is -0.221. The number of benzene rings is 1. The molecule has 0 aliphatic carbocycles. The van der Waals surface area contributed by atoms with Crippen molar-refractivity contribution in [2.24, 2.45) is 0 Å². The summed E-state index contributed by atoms with van der Waals surface area (Å²) in [5.41, 5.74) is 0.949. The second-order valence-corrected chi connectivity index (χ2v) is 5.38. The molecule has 1 N–H and O–H groups in total. The van der Waals surface area contributed by atoms with Gasteiger partial charge in [0.05, 0.1) is 19.3 Å². The average molecular weight is 317 g/mol. The normalized spacial score (nSPS) is 20.6. The summed E-state index contributed by atoms with van der Waals surface area (Å²) in [6.45, 7) is 0.203. The highest BCUT2D eigenvalue weighted by molar-refractivity contribution is 5.92. The van der Waals surface area contributed by atoms with E-state index in [1.54, 1.807) is 18.2 Å². The lowest BCUT2D eigenvalue weighted by Crippen LogP contribution is -2.32. The Morgan fingerprint density at radius 1 is 1.26 bits per heavy atom. The Morgan fingerprint density at radius 3 is 2.61 bits per heavy atom. The molecule has 1 aliphatic heterocycles. The quantitative estimate of drug-likeness (QED) is 0.930. The number of methoxy groups -OCH3 is 1. The summed E-state index contributed by atoms with van der Waals surface area (Å²) in [6, 6.07) is 8.70. The summed E-state index contributed by atoms with van der Waals surface area (Å²) in [5.74, 6) is -0.352. The van der Waals surface area contributed by atoms with Crippen LogP contribution in [0.5, 0.6) is 5.88 Å². The molecule has 1 aromatic carbocycles. The van der Waals surface area contributed by atoms with Crippen LogP contribution in [0.15, 0.2) is 36.4 Å². The molecule has 1 aliphatic rings. The number of aliphatic hydroxyl groups is 1. The van der Waals surface area contributed by atoms with E-state index in [-0.39, 0.29) is 30.0 Å². The molecule has 1 aromatic heterocycles. The maximum Gasteiger partial charge on any atom is 0.274 e. The van der Waals surface area contributed by atoms with Crippen molar-refractivity contribution in [3.05, 3.63) is 53.5 Å². The van der Waals surface area contributed by atoms with Gasteiger partial charge in [-0.05, 0) is 30.2 Å². The summed E-state index contributed by atoms with van der Waals surface area (Å²) >= 11 is 0. The van der Waals surface area contributed by atoms with Gasteiger partial charge in [-0.2, -0.15) is 0 Å². The number of nitrogens with zero attached hydrogens (tertiary/aromatic N) is 3. The number of aromatic nitrogens is 2. The first-order chi connectivity index (χ1) is 11.1. The van der Waals surface area contributed by atoms with Crippen molar-refractivity contribution in [3.63, 3.8) is 0 Å². The van der Waals surface area contributed by atoms with Gasteiger partial charge in [-0.25, -0.2) is 4.39 Å². The van der Waals surface area contributed by atoms with Crippen molar-refractivity contribution in [1.29, 1.82) is 0 Å². The second-order valence-electron chi connectivity index (χ2n) is 5.38. The monoisotopic (exact) mass is 317 g/mol. The van der Waals surface area contributed by atoms with Gasteiger partial charge >= 0.3 is 0 Å². The number of halogens is 1. The van der Waals surface area contributed by atoms with Gasteiger partial charge in [0, 0.05) is 12.6 Å². The van der Waals surface area contributed by atoms with Crippen LogP contribution < -0.4 is 4.74 Å². The maximum absolute atomic E-state index is 13.1. The van der Waals surface area contributed by atoms with Crippen LogP contribution >= 0.6 is 0 Å². The Bertz CT molecular complexity index is 691. The lowest BCUT2D eigenvalue weighted by Gasteiger charge is -2.24. The first-order valence-electron chi connectivity index (χ1n) is 7.20. The standard InChI is InChI=1S/C16H16FN3O3/c1-23-15-7-6-13(18-19-15)16(22)20-9-12(21)8-14(20)10-2-4-11(17)5-3-10/h2-7,12,14,21H,8-9H2,1H3/t12-,14-/m0/s1. The third-order valence-electron chi connectivity index (χ3n) is 3.86. The van der Waals surface area contributed by atoms with E-state index in [2.05, 4.69) is 10.2 Å². The lowest BCUT2D eigenvalue weighted by molar-refractivity contribution is 0.0708. The van der Waals surface area contributed by atoms with E-state index < -0.39 is 6.10 Å². The Morgan fingerprint density at radius 2 is 2.00 bits per heavy atom. The average Bonchev–Trinajstić information content (AvgIpc) is 2.97. The number of ether oxygens (including phenoxy) is 1. The SMILES string of the molecule is COc1ccc(C(=O)N2C[C@@H](O)C[C@H]2c2ccc(F)cc2)nn1. The smallest absolute Gasteiger partial charge is 0.274 e. The first-order valence-corrected chi connectivity index (χ1v) is 7.20. The van der Waals surface area contributed by atoms with Crippen molar-refractivity contribution >= 4 is 5.91 Å². The summed E-state index contributed by atoms with van der Waals surface area (Å²) in [4.78, 5) is 14.2. The summed E-state index contributed by atoms with van der Waals surface area (Å²) in [5, 5.41) is 17.6. The number of rotatable bonds is 3. The van der Waals surface area contributed by atoms with E-state index in [1.165, 1.54) is 30.2 Å². The highest BCUT2D eigenvalue weighted by atomic mass is 19.1. The highest BCUT2D eigenvalue weighted by Crippen LogP contribution is 2.33. The Labute approximate surface area is 132 Å². The summed E-state index contributed by atoms with van der Waals surface area (Å²) in [7, 11) is 1.47. The molecule has 7 heteroatoms. The third-order valence-corrected chi connectivity index (χ3v) is 3.86. The van der Waals surface area contributed by atoms with Crippen LogP contribution in [-0.2, 0) is 0 Å². The number of carbonyl (C=O) groups is 1. The molecule has 1 saturated heterocycles. The van der Waals surface area contributed by atoms with Gasteiger partial charge in [-0.1, -0.05) is 12.1 Å². The maximum atomic E-state index is 13.1. The van der Waals surface area contributed by atoms with E-state index in [4.69, 9.17) is 4.74 Å². The zero-order chi connectivity index (χ0) is 16.4. The topological polar surface area (TPSA) is 75.5 Å². The van der Waals surface area contributed by atoms with E-state index in [1.807, 2.05) is 0 Å². The number of hydrogen-bond donors (Lipinski definition) is 1. The number of likely N-dealkylation sites (tertiary alicyclic amines) is 1. The molecule has 120 valence electrons. The highest BCUT2D eigenvalue weighted by Gasteiger charge is 2.36. The Kier molecular flexibility index (Phi) is 4.20. The molecule has 6 nitrogen and oxygen atoms in total. The van der Waals surface area contributed by atoms with Gasteiger partial charge < -0.3 is 14.7 Å². The van der Waals surface area contributed by atoms with Crippen molar-refractivity contribution in [1.82, 2.24) is 15.1 Å². The summed E-state index contributed by atoms with van der Waals surface area (Å²) < 4.78 is 18.0. The lowest BCUT2D eigenvalue weighted by atomic mass is 10.0. The van der Waals surface area contributed by atoms with Gasteiger partial charge in [0.25, 0.3) is 5.91 Å². The molecule has 0 unspecified atom stereocenters. The number of amides is 1. The van der Waals surface area contributed by atoms with Gasteiger partial charge in [-0.3, -0.25) is 4.79 Å². The molecule has 2 heterocycles. The number of β-amino-alcohol motifs (C(OH)–C–C–N with tert-alkyl or cyclic N) is 1. The molecule has 23 heavy (non-hydrogen) atoms. The predicted octanol–water partition coefficient (Wildman–Crippen LogP) is 1.57. The minimum absolute atomic E-state index is 0.173. The Hall–Kier alpha value is -2.54. The van der Waals surface area contributed by atoms with Crippen LogP contribution in [0, 0.1) is 5.82 Å². The molecule has 2 atom stereocenters. The van der Waals surface area contributed by atoms with Crippen LogP contribution in [0.3, 0.4) is 0 Å². The fraction of sp³-hybridized carbons (Fsp3) is 0.312. The number of hydrogen-bond acceptors (Lipinski definition) is 5. The van der Waals surface area contributed by atoms with Gasteiger partial charge in [0.2, 0.25) is 5.88 Å². The van der Waals surface area contributed by atoms with Crippen LogP contribution in [0.1, 0.15) is 28.5 Å². The van der Waals surface area contributed by atoms with Crippen molar-refractivity contribution in [2.75, 3.05) is 13.7 Å². The largest absolute Gasteiger partial charge is 0.480 e. The fourth-order valence-electron chi connectivity index (χ4n) is 2.73. The molecular formula is C16H16FN3O3. The van der Waals surface area contributed by atoms with E-state index >= 15 is 0 Å². The molecule has 3 rings (SSSR count). The zero-order valence-corrected chi connectivity index (χ0v) is 12.5. The molecule has 0 radical (unpaired) electrons. The third kappa shape index (κ3) is 3.14. The minimum Gasteiger partial charge on any atom is -0.480 e. The first kappa shape index (κ1) is 15.4. The molecule has 0 bridgehead atoms. The van der Waals surface area contributed by atoms with Crippen molar-refractivity contribution in [2.45, 2.75) is 18.6 Å². The fourth-order valence-corrected chi connectivity index (χ4v) is 2.73. The molecule has 0 saturated carbocycles. The van der Waals surface area contributed by atoms with Crippen LogP contribution in [0.4, 0.5) is 4.39 Å². The van der Waals surface area contributed by atoms with Crippen molar-refractivity contribution in [3.8, 4) is 5.88 Å². The van der Waals surface area contributed by atoms with Crippen LogP contribution in [-0.4, -0.2) is 45.9 Å². The molecule has 0 spiro atoms. The molecule has 1 amide bonds. The second kappa shape index (κ2) is 6.29. The van der Waals surface area contributed by atoms with Gasteiger partial charge in [-0.15, -0.1) is 10.2 Å². The van der Waals surface area contributed by atoms with Crippen LogP contribution in [0.25, 0.3) is 0 Å². The Balaban J connectivity index is 1.86. The minimum atomic E-state index is -0.625. The van der Waals surface area contributed by atoms with E-state index in [0.29, 0.717) is 12.3 Å². The molecule has 2 aromatic rings. The predicted molar refractivity (Wildman–Crippen MR) is 79.4 cm³/mol. The van der Waals surface area contributed by atoms with Gasteiger partial charge in [0.1, 0.15) is 5.82 Å². The number of carbonyl (C=O) groups excluding carboxylic acids is 1. The zero-order valence-electron chi connectivity index (χ0n) is 12.5. The van der Waals surface area contributed by atoms with Crippen LogP contribution in [0.2, 0.25) is 0 Å². The van der Waals surface area contributed by atoms with E-state index in [9.17, 15) is 14.3 Å². The van der Waals surface area contributed by atoms with Crippen molar-refractivity contribution < 1.29 is 19.0 Å². The molecule has 1 fully saturated rings. The van der Waals surface area contributed by atoms with Gasteiger partial charge in [0.15, 0.2) is 5.69 Å². The number of aliphatic hydroxyl groups excluding tert-OH is 1. The van der Waals surface area contributed by atoms with E-state index in [0.717, 1.165) is 5.56 Å². The molecular weight excluding hydrogens is 301 g/mol.